The Hall–Kier alpha value is -1.95. The zero-order valence-electron chi connectivity index (χ0n) is 9.07. The van der Waals surface area contributed by atoms with Gasteiger partial charge in [0.05, 0.1) is 24.0 Å². The molecule has 1 atom stereocenters. The fourth-order valence-electron chi connectivity index (χ4n) is 1.93. The SMILES string of the molecule is O=C1CC(O)CN1Cc1ccccc1[N+](=O)[O-]. The Morgan fingerprint density at radius 2 is 2.18 bits per heavy atom. The van der Waals surface area contributed by atoms with Gasteiger partial charge in [-0.3, -0.25) is 14.9 Å². The molecule has 2 rings (SSSR count). The molecule has 0 spiro atoms. The highest BCUT2D eigenvalue weighted by molar-refractivity contribution is 5.79. The minimum absolute atomic E-state index is 0.00156. The van der Waals surface area contributed by atoms with Crippen LogP contribution in [0.2, 0.25) is 0 Å². The minimum atomic E-state index is -0.662. The number of nitrogens with zero attached hydrogens (tertiary/aromatic N) is 2. The molecular formula is C11H12N2O4. The van der Waals surface area contributed by atoms with Crippen LogP contribution in [0.1, 0.15) is 12.0 Å². The number of aliphatic hydroxyl groups excluding tert-OH is 1. The predicted molar refractivity (Wildman–Crippen MR) is 59.1 cm³/mol. The highest BCUT2D eigenvalue weighted by atomic mass is 16.6. The standard InChI is InChI=1S/C11H12N2O4/c14-9-5-11(15)12(7-9)6-8-3-1-2-4-10(8)13(16)17/h1-4,9,14H,5-7H2. The molecule has 6 heteroatoms. The third-order valence-corrected chi connectivity index (χ3v) is 2.74. The lowest BCUT2D eigenvalue weighted by Gasteiger charge is -2.15. The lowest BCUT2D eigenvalue weighted by Crippen LogP contribution is -2.25. The fourth-order valence-corrected chi connectivity index (χ4v) is 1.93. The van der Waals surface area contributed by atoms with E-state index >= 15 is 0 Å². The molecule has 0 aromatic heterocycles. The largest absolute Gasteiger partial charge is 0.391 e. The monoisotopic (exact) mass is 236 g/mol. The van der Waals surface area contributed by atoms with E-state index < -0.39 is 11.0 Å². The maximum Gasteiger partial charge on any atom is 0.274 e. The molecule has 17 heavy (non-hydrogen) atoms. The number of para-hydroxylation sites is 1. The van der Waals surface area contributed by atoms with Crippen LogP contribution < -0.4 is 0 Å². The Morgan fingerprint density at radius 3 is 2.76 bits per heavy atom. The van der Waals surface area contributed by atoms with Crippen molar-refractivity contribution >= 4 is 11.6 Å². The van der Waals surface area contributed by atoms with Gasteiger partial charge in [0.2, 0.25) is 5.91 Å². The Bertz CT molecular complexity index is 461. The number of likely N-dealkylation sites (tertiary alicyclic amines) is 1. The van der Waals surface area contributed by atoms with Crippen molar-refractivity contribution in [1.82, 2.24) is 4.90 Å². The normalized spacial score (nSPS) is 19.7. The van der Waals surface area contributed by atoms with E-state index in [1.165, 1.54) is 11.0 Å². The molecule has 0 radical (unpaired) electrons. The van der Waals surface area contributed by atoms with E-state index in [4.69, 9.17) is 0 Å². The molecule has 6 nitrogen and oxygen atoms in total. The third-order valence-electron chi connectivity index (χ3n) is 2.74. The smallest absolute Gasteiger partial charge is 0.274 e. The molecule has 0 aliphatic carbocycles. The number of rotatable bonds is 3. The second-order valence-corrected chi connectivity index (χ2v) is 4.02. The maximum atomic E-state index is 11.5. The number of aliphatic hydroxyl groups is 1. The van der Waals surface area contributed by atoms with Gasteiger partial charge in [0, 0.05) is 18.2 Å². The number of carbonyl (C=O) groups is 1. The average molecular weight is 236 g/mol. The number of hydrogen-bond donors (Lipinski definition) is 1. The van der Waals surface area contributed by atoms with E-state index in [0.717, 1.165) is 0 Å². The summed E-state index contributed by atoms with van der Waals surface area (Å²) in [4.78, 5) is 23.2. The van der Waals surface area contributed by atoms with E-state index in [1.807, 2.05) is 0 Å². The predicted octanol–water partition coefficient (Wildman–Crippen LogP) is 0.688. The van der Waals surface area contributed by atoms with Crippen LogP contribution in [0, 0.1) is 10.1 Å². The van der Waals surface area contributed by atoms with Crippen molar-refractivity contribution in [2.75, 3.05) is 6.54 Å². The zero-order chi connectivity index (χ0) is 12.4. The summed E-state index contributed by atoms with van der Waals surface area (Å²) in [6, 6.07) is 6.31. The highest BCUT2D eigenvalue weighted by Gasteiger charge is 2.29. The lowest BCUT2D eigenvalue weighted by molar-refractivity contribution is -0.385. The van der Waals surface area contributed by atoms with Crippen LogP contribution in [0.15, 0.2) is 24.3 Å². The number of nitro groups is 1. The van der Waals surface area contributed by atoms with Crippen LogP contribution in [-0.4, -0.2) is 33.5 Å². The maximum absolute atomic E-state index is 11.5. The van der Waals surface area contributed by atoms with Gasteiger partial charge in [-0.2, -0.15) is 0 Å². The zero-order valence-corrected chi connectivity index (χ0v) is 9.07. The second kappa shape index (κ2) is 4.50. The first-order chi connectivity index (χ1) is 8.08. The molecule has 1 fully saturated rings. The van der Waals surface area contributed by atoms with E-state index in [9.17, 15) is 20.0 Å². The Morgan fingerprint density at radius 1 is 1.47 bits per heavy atom. The molecule has 1 amide bonds. The van der Waals surface area contributed by atoms with Crippen LogP contribution in [-0.2, 0) is 11.3 Å². The topological polar surface area (TPSA) is 83.7 Å². The van der Waals surface area contributed by atoms with Crippen LogP contribution in [0.5, 0.6) is 0 Å². The molecule has 1 N–H and O–H groups in total. The van der Waals surface area contributed by atoms with Crippen LogP contribution in [0.4, 0.5) is 5.69 Å². The first-order valence-electron chi connectivity index (χ1n) is 5.26. The quantitative estimate of drug-likeness (QED) is 0.618. The summed E-state index contributed by atoms with van der Waals surface area (Å²) >= 11 is 0. The van der Waals surface area contributed by atoms with Gasteiger partial charge in [-0.05, 0) is 0 Å². The molecule has 1 heterocycles. The number of nitro benzene ring substituents is 1. The molecule has 1 aliphatic rings. The van der Waals surface area contributed by atoms with Gasteiger partial charge >= 0.3 is 0 Å². The van der Waals surface area contributed by atoms with Gasteiger partial charge < -0.3 is 10.0 Å². The first-order valence-corrected chi connectivity index (χ1v) is 5.26. The molecule has 1 aliphatic heterocycles. The van der Waals surface area contributed by atoms with Crippen molar-refractivity contribution in [3.8, 4) is 0 Å². The molecular weight excluding hydrogens is 224 g/mol. The molecule has 0 bridgehead atoms. The van der Waals surface area contributed by atoms with Crippen molar-refractivity contribution in [2.45, 2.75) is 19.1 Å². The summed E-state index contributed by atoms with van der Waals surface area (Å²) in [5.74, 6) is -0.171. The van der Waals surface area contributed by atoms with E-state index in [-0.39, 0.29) is 31.1 Å². The molecule has 1 aromatic rings. The van der Waals surface area contributed by atoms with Gasteiger partial charge in [-0.25, -0.2) is 0 Å². The van der Waals surface area contributed by atoms with E-state index in [0.29, 0.717) is 5.56 Å². The summed E-state index contributed by atoms with van der Waals surface area (Å²) in [6.07, 6.45) is -0.564. The van der Waals surface area contributed by atoms with Crippen LogP contribution >= 0.6 is 0 Å². The van der Waals surface area contributed by atoms with Crippen LogP contribution in [0.25, 0.3) is 0 Å². The summed E-state index contributed by atoms with van der Waals surface area (Å²) in [6.45, 7) is 0.415. The number of β-amino-alcohol motifs (C(OH)–C–C–N with tert-alkyl or cyclic N) is 1. The lowest BCUT2D eigenvalue weighted by atomic mass is 10.1. The van der Waals surface area contributed by atoms with Gasteiger partial charge in [-0.1, -0.05) is 18.2 Å². The summed E-state index contributed by atoms with van der Waals surface area (Å²) < 4.78 is 0. The van der Waals surface area contributed by atoms with Crippen molar-refractivity contribution in [3.05, 3.63) is 39.9 Å². The Balaban J connectivity index is 2.19. The van der Waals surface area contributed by atoms with Gasteiger partial charge in [0.1, 0.15) is 0 Å². The molecule has 1 unspecified atom stereocenters. The number of carbonyl (C=O) groups excluding carboxylic acids is 1. The summed E-state index contributed by atoms with van der Waals surface area (Å²) in [5, 5.41) is 20.1. The minimum Gasteiger partial charge on any atom is -0.391 e. The third kappa shape index (κ3) is 2.42. The van der Waals surface area contributed by atoms with Crippen molar-refractivity contribution in [1.29, 1.82) is 0 Å². The number of hydrogen-bond acceptors (Lipinski definition) is 4. The van der Waals surface area contributed by atoms with E-state index in [1.54, 1.807) is 18.2 Å². The van der Waals surface area contributed by atoms with Gasteiger partial charge in [0.15, 0.2) is 0 Å². The Labute approximate surface area is 97.6 Å². The summed E-state index contributed by atoms with van der Waals surface area (Å²) in [5.41, 5.74) is 0.488. The second-order valence-electron chi connectivity index (χ2n) is 4.02. The Kier molecular flexibility index (Phi) is 3.06. The van der Waals surface area contributed by atoms with Gasteiger partial charge in [-0.15, -0.1) is 0 Å². The number of amides is 1. The molecule has 0 saturated carbocycles. The van der Waals surface area contributed by atoms with Gasteiger partial charge in [0.25, 0.3) is 5.69 Å². The number of benzene rings is 1. The van der Waals surface area contributed by atoms with Crippen LogP contribution in [0.3, 0.4) is 0 Å². The summed E-state index contributed by atoms with van der Waals surface area (Å²) in [7, 11) is 0. The molecule has 1 saturated heterocycles. The van der Waals surface area contributed by atoms with Crippen molar-refractivity contribution in [3.63, 3.8) is 0 Å². The highest BCUT2D eigenvalue weighted by Crippen LogP contribution is 2.22. The van der Waals surface area contributed by atoms with E-state index in [2.05, 4.69) is 0 Å². The molecule has 90 valence electrons. The fraction of sp³-hybridized carbons (Fsp3) is 0.364. The van der Waals surface area contributed by atoms with Crippen molar-refractivity contribution in [2.24, 2.45) is 0 Å². The molecule has 1 aromatic carbocycles. The van der Waals surface area contributed by atoms with Crippen molar-refractivity contribution < 1.29 is 14.8 Å². The average Bonchev–Trinajstić information content (AvgIpc) is 2.58. The first kappa shape index (κ1) is 11.5.